The van der Waals surface area contributed by atoms with Crippen molar-refractivity contribution < 1.29 is 14.3 Å². The van der Waals surface area contributed by atoms with Crippen LogP contribution in [0.1, 0.15) is 53.3 Å². The lowest BCUT2D eigenvalue weighted by Crippen LogP contribution is -2.18. The predicted molar refractivity (Wildman–Crippen MR) is 112 cm³/mol. The van der Waals surface area contributed by atoms with E-state index < -0.39 is 5.97 Å². The smallest absolute Gasteiger partial charge is 0.338 e. The maximum absolute atomic E-state index is 12.6. The zero-order valence-electron chi connectivity index (χ0n) is 16.6. The van der Waals surface area contributed by atoms with Crippen LogP contribution in [-0.4, -0.2) is 22.0 Å². The van der Waals surface area contributed by atoms with E-state index in [-0.39, 0.29) is 12.2 Å². The molecule has 0 spiro atoms. The molecule has 0 radical (unpaired) electrons. The predicted octanol–water partition coefficient (Wildman–Crippen LogP) is 4.03. The second-order valence-corrected chi connectivity index (χ2v) is 8.75. The van der Waals surface area contributed by atoms with Crippen LogP contribution in [0, 0.1) is 5.92 Å². The van der Waals surface area contributed by atoms with Crippen LogP contribution in [0.2, 0.25) is 0 Å². The third kappa shape index (κ3) is 4.34. The first-order valence-electron chi connectivity index (χ1n) is 9.94. The van der Waals surface area contributed by atoms with E-state index in [9.17, 15) is 9.59 Å². The summed E-state index contributed by atoms with van der Waals surface area (Å²) in [4.78, 5) is 31.4. The molecule has 0 saturated carbocycles. The van der Waals surface area contributed by atoms with Gasteiger partial charge in [-0.3, -0.25) is 9.20 Å². The minimum Gasteiger partial charge on any atom is -0.493 e. The van der Waals surface area contributed by atoms with Crippen LogP contribution < -0.4 is 10.3 Å². The Morgan fingerprint density at radius 2 is 1.97 bits per heavy atom. The molecular formula is C22H24N2O4S. The fourth-order valence-corrected chi connectivity index (χ4v) is 4.62. The molecule has 29 heavy (non-hydrogen) atoms. The summed E-state index contributed by atoms with van der Waals surface area (Å²) < 4.78 is 12.7. The van der Waals surface area contributed by atoms with Crippen molar-refractivity contribution in [2.75, 3.05) is 6.61 Å². The number of rotatable bonds is 6. The third-order valence-electron chi connectivity index (χ3n) is 4.84. The number of aryl methyl sites for hydroxylation is 2. The third-order valence-corrected chi connectivity index (χ3v) is 5.98. The van der Waals surface area contributed by atoms with E-state index in [0.29, 0.717) is 28.7 Å². The number of esters is 1. The molecule has 1 aliphatic carbocycles. The van der Waals surface area contributed by atoms with Crippen LogP contribution in [0.3, 0.4) is 0 Å². The highest BCUT2D eigenvalue weighted by Gasteiger charge is 2.19. The Morgan fingerprint density at radius 1 is 1.21 bits per heavy atom. The number of hydrogen-bond donors (Lipinski definition) is 0. The average molecular weight is 413 g/mol. The number of fused-ring (bicyclic) bond motifs is 3. The van der Waals surface area contributed by atoms with Crippen LogP contribution in [-0.2, 0) is 24.2 Å². The zero-order valence-corrected chi connectivity index (χ0v) is 17.5. The van der Waals surface area contributed by atoms with Gasteiger partial charge in [0.1, 0.15) is 12.4 Å². The molecule has 1 aromatic carbocycles. The van der Waals surface area contributed by atoms with E-state index in [0.717, 1.165) is 37.1 Å². The maximum atomic E-state index is 12.6. The van der Waals surface area contributed by atoms with E-state index in [1.54, 1.807) is 40.0 Å². The van der Waals surface area contributed by atoms with Gasteiger partial charge in [0.15, 0.2) is 4.96 Å². The van der Waals surface area contributed by atoms with Crippen LogP contribution in [0.15, 0.2) is 35.1 Å². The number of aromatic nitrogens is 2. The second kappa shape index (κ2) is 8.37. The van der Waals surface area contributed by atoms with Gasteiger partial charge in [-0.05, 0) is 55.9 Å². The number of benzene rings is 1. The first-order valence-corrected chi connectivity index (χ1v) is 10.8. The molecular weight excluding hydrogens is 388 g/mol. The van der Waals surface area contributed by atoms with E-state index >= 15 is 0 Å². The fourth-order valence-electron chi connectivity index (χ4n) is 3.39. The van der Waals surface area contributed by atoms with E-state index in [2.05, 4.69) is 18.8 Å². The number of hydrogen-bond acceptors (Lipinski definition) is 6. The van der Waals surface area contributed by atoms with Gasteiger partial charge in [-0.25, -0.2) is 9.78 Å². The number of carbonyl (C=O) groups excluding carboxylic acids is 1. The SMILES string of the molecule is CC(C)COc1ccc(C(=O)OCc2cc(=O)n3c4c(sc3n2)CCCC4)cc1. The molecule has 0 amide bonds. The van der Waals surface area contributed by atoms with Crippen LogP contribution in [0.4, 0.5) is 0 Å². The summed E-state index contributed by atoms with van der Waals surface area (Å²) in [5.74, 6) is 0.701. The molecule has 1 aliphatic rings. The molecule has 0 fully saturated rings. The van der Waals surface area contributed by atoms with Gasteiger partial charge in [-0.2, -0.15) is 0 Å². The lowest BCUT2D eigenvalue weighted by Gasteiger charge is -2.10. The molecule has 6 nitrogen and oxygen atoms in total. The molecule has 4 rings (SSSR count). The standard InChI is InChI=1S/C22H24N2O4S/c1-14(2)12-27-17-9-7-15(8-10-17)21(26)28-13-16-11-20(25)24-18-5-3-4-6-19(18)29-22(24)23-16/h7-11,14H,3-6,12-13H2,1-2H3. The Balaban J connectivity index is 1.44. The van der Waals surface area contributed by atoms with Crippen molar-refractivity contribution in [3.63, 3.8) is 0 Å². The van der Waals surface area contributed by atoms with Gasteiger partial charge in [-0.1, -0.05) is 13.8 Å². The first kappa shape index (κ1) is 19.6. The number of carbonyl (C=O) groups is 1. The van der Waals surface area contributed by atoms with E-state index in [1.807, 2.05) is 0 Å². The highest BCUT2D eigenvalue weighted by Crippen LogP contribution is 2.28. The highest BCUT2D eigenvalue weighted by atomic mass is 32.1. The number of thiazole rings is 1. The monoisotopic (exact) mass is 412 g/mol. The Morgan fingerprint density at radius 3 is 2.72 bits per heavy atom. The van der Waals surface area contributed by atoms with Gasteiger partial charge < -0.3 is 9.47 Å². The van der Waals surface area contributed by atoms with E-state index in [4.69, 9.17) is 9.47 Å². The number of ether oxygens (including phenoxy) is 2. The molecule has 3 aromatic rings. The highest BCUT2D eigenvalue weighted by molar-refractivity contribution is 7.17. The fraction of sp³-hybridized carbons (Fsp3) is 0.409. The quantitative estimate of drug-likeness (QED) is 0.572. The van der Waals surface area contributed by atoms with Crippen molar-refractivity contribution in [1.82, 2.24) is 9.38 Å². The van der Waals surface area contributed by atoms with Crippen LogP contribution >= 0.6 is 11.3 Å². The van der Waals surface area contributed by atoms with Crippen molar-refractivity contribution in [2.24, 2.45) is 5.92 Å². The summed E-state index contributed by atoms with van der Waals surface area (Å²) in [5, 5.41) is 0. The minimum absolute atomic E-state index is 0.0290. The van der Waals surface area contributed by atoms with Crippen LogP contribution in [0.5, 0.6) is 5.75 Å². The molecule has 152 valence electrons. The summed E-state index contributed by atoms with van der Waals surface area (Å²) in [7, 11) is 0. The Labute approximate surface area is 173 Å². The normalized spacial score (nSPS) is 13.5. The second-order valence-electron chi connectivity index (χ2n) is 7.69. The molecule has 2 heterocycles. The van der Waals surface area contributed by atoms with E-state index in [1.165, 1.54) is 10.9 Å². The molecule has 0 aliphatic heterocycles. The molecule has 0 bridgehead atoms. The van der Waals surface area contributed by atoms with Crippen molar-refractivity contribution in [2.45, 2.75) is 46.1 Å². The summed E-state index contributed by atoms with van der Waals surface area (Å²) in [6.45, 7) is 4.75. The Hall–Kier alpha value is -2.67. The van der Waals surface area contributed by atoms with Gasteiger partial charge in [-0.15, -0.1) is 11.3 Å². The first-order chi connectivity index (χ1) is 14.0. The van der Waals surface area contributed by atoms with Gasteiger partial charge in [0, 0.05) is 16.6 Å². The topological polar surface area (TPSA) is 69.9 Å². The van der Waals surface area contributed by atoms with Crippen molar-refractivity contribution in [3.05, 3.63) is 62.5 Å². The van der Waals surface area contributed by atoms with Gasteiger partial charge in [0.2, 0.25) is 0 Å². The van der Waals surface area contributed by atoms with Crippen molar-refractivity contribution in [1.29, 1.82) is 0 Å². The largest absolute Gasteiger partial charge is 0.493 e. The van der Waals surface area contributed by atoms with Crippen molar-refractivity contribution >= 4 is 22.3 Å². The molecule has 0 atom stereocenters. The van der Waals surface area contributed by atoms with Gasteiger partial charge in [0.05, 0.1) is 17.9 Å². The minimum atomic E-state index is -0.451. The molecule has 0 saturated heterocycles. The molecule has 0 N–H and O–H groups in total. The average Bonchev–Trinajstić information content (AvgIpc) is 3.09. The summed E-state index contributed by atoms with van der Waals surface area (Å²) >= 11 is 1.56. The van der Waals surface area contributed by atoms with Gasteiger partial charge in [0.25, 0.3) is 5.56 Å². The lowest BCUT2D eigenvalue weighted by molar-refractivity contribution is 0.0467. The summed E-state index contributed by atoms with van der Waals surface area (Å²) in [6, 6.07) is 8.33. The number of nitrogens with zero attached hydrogens (tertiary/aromatic N) is 2. The maximum Gasteiger partial charge on any atom is 0.338 e. The Kier molecular flexibility index (Phi) is 5.67. The summed E-state index contributed by atoms with van der Waals surface area (Å²) in [6.07, 6.45) is 4.18. The summed E-state index contributed by atoms with van der Waals surface area (Å²) in [5.41, 5.74) is 1.90. The Bertz CT molecular complexity index is 1080. The van der Waals surface area contributed by atoms with Crippen molar-refractivity contribution in [3.8, 4) is 5.75 Å². The van der Waals surface area contributed by atoms with Gasteiger partial charge >= 0.3 is 5.97 Å². The molecule has 7 heteroatoms. The zero-order chi connectivity index (χ0) is 20.4. The molecule has 0 unspecified atom stereocenters. The molecule has 2 aromatic heterocycles. The van der Waals surface area contributed by atoms with Crippen LogP contribution in [0.25, 0.3) is 4.96 Å². The lowest BCUT2D eigenvalue weighted by atomic mass is 10.0.